The Morgan fingerprint density at radius 1 is 1.33 bits per heavy atom. The maximum Gasteiger partial charge on any atom is 0.215 e. The summed E-state index contributed by atoms with van der Waals surface area (Å²) in [4.78, 5) is 16.5. The summed E-state index contributed by atoms with van der Waals surface area (Å²) >= 11 is 0. The van der Waals surface area contributed by atoms with Crippen LogP contribution >= 0.6 is 0 Å². The van der Waals surface area contributed by atoms with E-state index in [1.165, 1.54) is 18.1 Å². The Morgan fingerprint density at radius 3 is 2.46 bits per heavy atom. The third kappa shape index (κ3) is 4.20. The van der Waals surface area contributed by atoms with E-state index in [0.29, 0.717) is 6.41 Å². The van der Waals surface area contributed by atoms with E-state index >= 15 is 0 Å². The smallest absolute Gasteiger partial charge is 0.215 e. The summed E-state index contributed by atoms with van der Waals surface area (Å²) in [5.74, 6) is -0.733. The summed E-state index contributed by atoms with van der Waals surface area (Å²) in [5.41, 5.74) is 5.94. The number of amidine groups is 1. The second kappa shape index (κ2) is 8.48. The number of aliphatic imine (C=N–C) groups is 1. The number of fused-ring (bicyclic) bond motifs is 1. The van der Waals surface area contributed by atoms with Crippen LogP contribution in [0.4, 0.5) is 0 Å². The van der Waals surface area contributed by atoms with Gasteiger partial charge in [-0.15, -0.1) is 0 Å². The van der Waals surface area contributed by atoms with Crippen LogP contribution in [0.3, 0.4) is 0 Å². The van der Waals surface area contributed by atoms with Crippen LogP contribution in [-0.2, 0) is 39.1 Å². The molecule has 2 heterocycles. The summed E-state index contributed by atoms with van der Waals surface area (Å²) in [6.07, 6.45) is -0.589. The molecular formula is C14H23IrN3O6. The number of hydrogen-bond acceptors (Lipinski definition) is 7. The van der Waals surface area contributed by atoms with Crippen LogP contribution in [0, 0.1) is 0 Å². The van der Waals surface area contributed by atoms with Crippen molar-refractivity contribution >= 4 is 12.2 Å². The molecule has 4 unspecified atom stereocenters. The number of nitrogens with two attached hydrogens (primary N) is 1. The van der Waals surface area contributed by atoms with Crippen LogP contribution in [0.15, 0.2) is 16.8 Å². The fraction of sp³-hybridized carbons (Fsp3) is 0.714. The van der Waals surface area contributed by atoms with Crippen molar-refractivity contribution in [2.45, 2.75) is 44.2 Å². The molecule has 139 valence electrons. The molecule has 2 fully saturated rings. The zero-order chi connectivity index (χ0) is 17.2. The van der Waals surface area contributed by atoms with Gasteiger partial charge in [-0.25, -0.2) is 0 Å². The average Bonchev–Trinajstić information content (AvgIpc) is 3.01. The summed E-state index contributed by atoms with van der Waals surface area (Å²) in [6, 6.07) is 0. The quantitative estimate of drug-likeness (QED) is 0.222. The van der Waals surface area contributed by atoms with E-state index in [1.54, 1.807) is 13.8 Å². The molecular weight excluding hydrogens is 498 g/mol. The number of hydrogen-bond donors (Lipinski definition) is 3. The van der Waals surface area contributed by atoms with Gasteiger partial charge in [-0.05, 0) is 13.8 Å². The molecule has 2 saturated heterocycles. The number of nitrogens with zero attached hydrogens (tertiary/aromatic N) is 2. The van der Waals surface area contributed by atoms with Crippen molar-refractivity contribution in [3.63, 3.8) is 0 Å². The van der Waals surface area contributed by atoms with Crippen molar-refractivity contribution < 1.29 is 49.3 Å². The summed E-state index contributed by atoms with van der Waals surface area (Å²) in [6.45, 7) is 2.84. The van der Waals surface area contributed by atoms with Crippen molar-refractivity contribution in [2.75, 3.05) is 20.3 Å². The Morgan fingerprint density at radius 2 is 1.96 bits per heavy atom. The minimum absolute atomic E-state index is 0. The number of carbonyl (C=O) groups is 1. The first-order chi connectivity index (χ1) is 10.9. The van der Waals surface area contributed by atoms with Crippen LogP contribution < -0.4 is 5.73 Å². The largest absolute Gasteiger partial charge is 0.394 e. The molecule has 4 atom stereocenters. The number of carbonyl (C=O) groups excluding carboxylic acids is 1. The van der Waals surface area contributed by atoms with Crippen molar-refractivity contribution in [1.82, 2.24) is 4.90 Å². The molecule has 0 aromatic rings. The molecule has 9 nitrogen and oxygen atoms in total. The van der Waals surface area contributed by atoms with Crippen molar-refractivity contribution in [1.29, 1.82) is 0 Å². The Balaban J connectivity index is 0.00000288. The SMILES string of the molecule is CN=C(N)/C(=C\N(C=O)C1OC(CO)C2OC(C)(C)OC21)CO.[Ir]. The standard InChI is InChI=1S/C14H23N3O6.Ir/c1-14(2)22-10-9(6-19)21-13(11(10)23-14)17(7-20)4-8(5-18)12(15)16-3;/h4,7,9-11,13,18-19H,5-6H2,1-3H3,(H2,15,16);/b8-4-;. The molecule has 0 saturated carbocycles. The van der Waals surface area contributed by atoms with Gasteiger partial charge in [-0.2, -0.15) is 0 Å². The minimum Gasteiger partial charge on any atom is -0.394 e. The van der Waals surface area contributed by atoms with E-state index in [9.17, 15) is 15.0 Å². The molecule has 1 radical (unpaired) electrons. The molecule has 2 rings (SSSR count). The molecule has 0 aromatic carbocycles. The predicted molar refractivity (Wildman–Crippen MR) is 80.2 cm³/mol. The molecule has 2 aliphatic rings. The van der Waals surface area contributed by atoms with Crippen LogP contribution in [0.1, 0.15) is 13.8 Å². The first-order valence-corrected chi connectivity index (χ1v) is 7.25. The molecule has 1 amide bonds. The van der Waals surface area contributed by atoms with E-state index in [0.717, 1.165) is 0 Å². The molecule has 0 aliphatic carbocycles. The predicted octanol–water partition coefficient (Wildman–Crippen LogP) is -1.46. The van der Waals surface area contributed by atoms with Crippen molar-refractivity contribution in [2.24, 2.45) is 10.7 Å². The Kier molecular flexibility index (Phi) is 7.48. The summed E-state index contributed by atoms with van der Waals surface area (Å²) in [5, 5.41) is 18.8. The fourth-order valence-corrected chi connectivity index (χ4v) is 2.72. The van der Waals surface area contributed by atoms with Crippen LogP contribution in [0.2, 0.25) is 0 Å². The maximum absolute atomic E-state index is 11.5. The van der Waals surface area contributed by atoms with Gasteiger partial charge in [0.1, 0.15) is 24.1 Å². The third-order valence-corrected chi connectivity index (χ3v) is 3.77. The van der Waals surface area contributed by atoms with Gasteiger partial charge in [0.2, 0.25) is 6.41 Å². The normalized spacial score (nSPS) is 32.2. The van der Waals surface area contributed by atoms with Gasteiger partial charge in [-0.3, -0.25) is 14.7 Å². The minimum atomic E-state index is -0.841. The number of amides is 1. The van der Waals surface area contributed by atoms with Crippen LogP contribution in [0.25, 0.3) is 0 Å². The van der Waals surface area contributed by atoms with Gasteiger partial charge < -0.3 is 30.2 Å². The van der Waals surface area contributed by atoms with E-state index in [-0.39, 0.29) is 44.7 Å². The maximum atomic E-state index is 11.5. The van der Waals surface area contributed by atoms with E-state index in [4.69, 9.17) is 19.9 Å². The van der Waals surface area contributed by atoms with E-state index in [1.807, 2.05) is 0 Å². The number of aliphatic hydroxyl groups excluding tert-OH is 2. The molecule has 0 aromatic heterocycles. The third-order valence-electron chi connectivity index (χ3n) is 3.77. The molecule has 24 heavy (non-hydrogen) atoms. The molecule has 0 bridgehead atoms. The molecule has 0 spiro atoms. The van der Waals surface area contributed by atoms with Gasteiger partial charge in [-0.1, -0.05) is 0 Å². The fourth-order valence-electron chi connectivity index (χ4n) is 2.72. The van der Waals surface area contributed by atoms with Crippen molar-refractivity contribution in [3.8, 4) is 0 Å². The zero-order valence-electron chi connectivity index (χ0n) is 13.7. The second-order valence-corrected chi connectivity index (χ2v) is 5.79. The van der Waals surface area contributed by atoms with E-state index < -0.39 is 30.3 Å². The van der Waals surface area contributed by atoms with Gasteiger partial charge in [0.05, 0.1) is 13.2 Å². The van der Waals surface area contributed by atoms with Crippen LogP contribution in [-0.4, -0.2) is 77.9 Å². The number of aliphatic hydroxyl groups is 2. The van der Waals surface area contributed by atoms with Gasteiger partial charge >= 0.3 is 0 Å². The Bertz CT molecular complexity index is 513. The molecule has 4 N–H and O–H groups in total. The van der Waals surface area contributed by atoms with Crippen molar-refractivity contribution in [3.05, 3.63) is 11.8 Å². The molecule has 10 heteroatoms. The van der Waals surface area contributed by atoms with Gasteiger partial charge in [0, 0.05) is 38.9 Å². The Labute approximate surface area is 153 Å². The van der Waals surface area contributed by atoms with Gasteiger partial charge in [0.15, 0.2) is 12.0 Å². The number of ether oxygens (including phenoxy) is 3. The molecule has 2 aliphatic heterocycles. The Hall–Kier alpha value is -0.871. The average molecular weight is 522 g/mol. The van der Waals surface area contributed by atoms with Crippen LogP contribution in [0.5, 0.6) is 0 Å². The first kappa shape index (κ1) is 21.2. The van der Waals surface area contributed by atoms with E-state index in [2.05, 4.69) is 4.99 Å². The second-order valence-electron chi connectivity index (χ2n) is 5.79. The topological polar surface area (TPSA) is 127 Å². The zero-order valence-corrected chi connectivity index (χ0v) is 16.1. The number of rotatable bonds is 6. The summed E-state index contributed by atoms with van der Waals surface area (Å²) in [7, 11) is 1.48. The monoisotopic (exact) mass is 522 g/mol. The van der Waals surface area contributed by atoms with Gasteiger partial charge in [0.25, 0.3) is 0 Å². The first-order valence-electron chi connectivity index (χ1n) is 7.25. The summed E-state index contributed by atoms with van der Waals surface area (Å²) < 4.78 is 17.2.